The van der Waals surface area contributed by atoms with Crippen molar-refractivity contribution in [3.8, 4) is 0 Å². The Morgan fingerprint density at radius 1 is 1.43 bits per heavy atom. The van der Waals surface area contributed by atoms with Crippen LogP contribution in [0.3, 0.4) is 0 Å². The molecule has 0 spiro atoms. The summed E-state index contributed by atoms with van der Waals surface area (Å²) in [6, 6.07) is 4.85. The first-order valence-electron chi connectivity index (χ1n) is 7.19. The molecule has 1 saturated carbocycles. The van der Waals surface area contributed by atoms with Crippen LogP contribution in [0.2, 0.25) is 0 Å². The van der Waals surface area contributed by atoms with Crippen molar-refractivity contribution in [2.75, 3.05) is 6.54 Å². The van der Waals surface area contributed by atoms with Gasteiger partial charge in [0.25, 0.3) is 0 Å². The lowest BCUT2D eigenvalue weighted by Gasteiger charge is -2.13. The molecule has 0 aromatic heterocycles. The first kappa shape index (κ1) is 16.4. The average molecular weight is 326 g/mol. The number of hydrogen-bond donors (Lipinski definition) is 2. The molecule has 2 atom stereocenters. The second-order valence-electron chi connectivity index (χ2n) is 5.98. The van der Waals surface area contributed by atoms with Crippen molar-refractivity contribution in [1.29, 1.82) is 0 Å². The molecular weight excluding hydrogens is 304 g/mol. The summed E-state index contributed by atoms with van der Waals surface area (Å²) in [5, 5.41) is 0. The first-order valence-corrected chi connectivity index (χ1v) is 9.09. The van der Waals surface area contributed by atoms with Gasteiger partial charge in [0.05, 0.1) is 4.90 Å². The number of sulfonamides is 1. The Morgan fingerprint density at radius 2 is 2.14 bits per heavy atom. The molecule has 1 aliphatic rings. The molecule has 0 heterocycles. The van der Waals surface area contributed by atoms with Crippen molar-refractivity contribution >= 4 is 27.2 Å². The molecule has 1 aliphatic carbocycles. The molecule has 116 valence electrons. The first-order chi connectivity index (χ1) is 9.79. The molecule has 0 amide bonds. The summed E-state index contributed by atoms with van der Waals surface area (Å²) in [5.74, 6) is 1.15. The molecule has 0 radical (unpaired) electrons. The van der Waals surface area contributed by atoms with Crippen LogP contribution >= 0.6 is 12.2 Å². The highest BCUT2D eigenvalue weighted by Gasteiger charge is 2.23. The van der Waals surface area contributed by atoms with Crippen molar-refractivity contribution in [2.45, 2.75) is 38.0 Å². The number of rotatable bonds is 5. The van der Waals surface area contributed by atoms with Gasteiger partial charge in [-0.1, -0.05) is 31.6 Å². The Bertz CT molecular complexity index is 641. The third kappa shape index (κ3) is 4.02. The van der Waals surface area contributed by atoms with E-state index in [2.05, 4.69) is 11.6 Å². The van der Waals surface area contributed by atoms with Gasteiger partial charge in [0, 0.05) is 12.1 Å². The molecule has 3 N–H and O–H groups in total. The number of benzene rings is 1. The van der Waals surface area contributed by atoms with E-state index in [-0.39, 0.29) is 9.88 Å². The van der Waals surface area contributed by atoms with E-state index < -0.39 is 10.0 Å². The fraction of sp³-hybridized carbons (Fsp3) is 0.533. The van der Waals surface area contributed by atoms with E-state index in [1.54, 1.807) is 18.2 Å². The number of nitrogens with two attached hydrogens (primary N) is 1. The maximum Gasteiger partial charge on any atom is 0.240 e. The van der Waals surface area contributed by atoms with E-state index in [0.717, 1.165) is 18.4 Å². The van der Waals surface area contributed by atoms with Gasteiger partial charge < -0.3 is 5.73 Å². The lowest BCUT2D eigenvalue weighted by atomic mass is 10.1. The van der Waals surface area contributed by atoms with Crippen LogP contribution in [0.25, 0.3) is 0 Å². The van der Waals surface area contributed by atoms with E-state index in [1.807, 2.05) is 6.92 Å². The molecule has 0 saturated heterocycles. The molecule has 1 aromatic rings. The zero-order chi connectivity index (χ0) is 15.6. The van der Waals surface area contributed by atoms with Crippen molar-refractivity contribution in [3.05, 3.63) is 29.3 Å². The summed E-state index contributed by atoms with van der Waals surface area (Å²) in [4.78, 5) is 0.551. The van der Waals surface area contributed by atoms with Gasteiger partial charge in [-0.2, -0.15) is 0 Å². The minimum Gasteiger partial charge on any atom is -0.389 e. The van der Waals surface area contributed by atoms with Gasteiger partial charge in [-0.25, -0.2) is 13.1 Å². The summed E-state index contributed by atoms with van der Waals surface area (Å²) in [7, 11) is -3.46. The highest BCUT2D eigenvalue weighted by molar-refractivity contribution is 7.89. The monoisotopic (exact) mass is 326 g/mol. The Hall–Kier alpha value is -0.980. The highest BCUT2D eigenvalue weighted by Crippen LogP contribution is 2.30. The number of thiocarbonyl (C=S) groups is 1. The second kappa shape index (κ2) is 6.42. The third-order valence-electron chi connectivity index (χ3n) is 4.14. The molecule has 0 aliphatic heterocycles. The molecule has 6 heteroatoms. The molecule has 0 bridgehead atoms. The normalized spacial score (nSPS) is 22.4. The van der Waals surface area contributed by atoms with E-state index >= 15 is 0 Å². The van der Waals surface area contributed by atoms with E-state index in [9.17, 15) is 8.42 Å². The van der Waals surface area contributed by atoms with Crippen LogP contribution in [-0.4, -0.2) is 20.0 Å². The minimum atomic E-state index is -3.46. The molecule has 1 fully saturated rings. The van der Waals surface area contributed by atoms with E-state index in [1.165, 1.54) is 6.42 Å². The Balaban J connectivity index is 2.09. The summed E-state index contributed by atoms with van der Waals surface area (Å²) in [5.41, 5.74) is 7.09. The van der Waals surface area contributed by atoms with Crippen molar-refractivity contribution < 1.29 is 8.42 Å². The summed E-state index contributed by atoms with van der Waals surface area (Å²) in [6.45, 7) is 4.54. The second-order valence-corrected chi connectivity index (χ2v) is 8.18. The predicted molar refractivity (Wildman–Crippen MR) is 88.8 cm³/mol. The zero-order valence-corrected chi connectivity index (χ0v) is 14.1. The van der Waals surface area contributed by atoms with Gasteiger partial charge in [0.15, 0.2) is 0 Å². The van der Waals surface area contributed by atoms with Gasteiger partial charge in [-0.15, -0.1) is 0 Å². The van der Waals surface area contributed by atoms with Crippen LogP contribution in [0.1, 0.15) is 37.3 Å². The Morgan fingerprint density at radius 3 is 2.67 bits per heavy atom. The van der Waals surface area contributed by atoms with Crippen molar-refractivity contribution in [3.63, 3.8) is 0 Å². The van der Waals surface area contributed by atoms with Crippen LogP contribution in [0.4, 0.5) is 0 Å². The van der Waals surface area contributed by atoms with Crippen LogP contribution in [0, 0.1) is 18.8 Å². The maximum atomic E-state index is 12.3. The van der Waals surface area contributed by atoms with Gasteiger partial charge in [0.1, 0.15) is 4.99 Å². The van der Waals surface area contributed by atoms with Crippen LogP contribution in [0.5, 0.6) is 0 Å². The highest BCUT2D eigenvalue weighted by atomic mass is 32.2. The number of hydrogen-bond acceptors (Lipinski definition) is 3. The molecule has 2 rings (SSSR count). The topological polar surface area (TPSA) is 72.2 Å². The molecule has 4 nitrogen and oxygen atoms in total. The van der Waals surface area contributed by atoms with Crippen molar-refractivity contribution in [1.82, 2.24) is 4.72 Å². The van der Waals surface area contributed by atoms with Gasteiger partial charge in [0.2, 0.25) is 10.0 Å². The zero-order valence-electron chi connectivity index (χ0n) is 12.4. The Labute approximate surface area is 132 Å². The summed E-state index contributed by atoms with van der Waals surface area (Å²) >= 11 is 4.93. The lowest BCUT2D eigenvalue weighted by Crippen LogP contribution is -2.28. The third-order valence-corrected chi connectivity index (χ3v) is 5.78. The van der Waals surface area contributed by atoms with Crippen LogP contribution < -0.4 is 10.5 Å². The largest absolute Gasteiger partial charge is 0.389 e. The summed E-state index contributed by atoms with van der Waals surface area (Å²) < 4.78 is 27.4. The SMILES string of the molecule is Cc1cc(S(=O)(=O)NCC2CCC(C)C2)ccc1C(N)=S. The predicted octanol–water partition coefficient (Wildman–Crippen LogP) is 2.34. The average Bonchev–Trinajstić information content (AvgIpc) is 2.82. The van der Waals surface area contributed by atoms with E-state index in [0.29, 0.717) is 23.9 Å². The lowest BCUT2D eigenvalue weighted by molar-refractivity contribution is 0.498. The maximum absolute atomic E-state index is 12.3. The van der Waals surface area contributed by atoms with Gasteiger partial charge in [-0.3, -0.25) is 0 Å². The quantitative estimate of drug-likeness (QED) is 0.815. The minimum absolute atomic E-state index is 0.269. The van der Waals surface area contributed by atoms with Crippen LogP contribution in [-0.2, 0) is 10.0 Å². The number of aryl methyl sites for hydroxylation is 1. The molecular formula is C15H22N2O2S2. The number of nitrogens with one attached hydrogen (secondary N) is 1. The van der Waals surface area contributed by atoms with Crippen LogP contribution in [0.15, 0.2) is 23.1 Å². The fourth-order valence-corrected chi connectivity index (χ4v) is 4.33. The molecule has 21 heavy (non-hydrogen) atoms. The van der Waals surface area contributed by atoms with Gasteiger partial charge in [-0.05, 0) is 49.3 Å². The fourth-order valence-electron chi connectivity index (χ4n) is 2.90. The summed E-state index contributed by atoms with van der Waals surface area (Å²) in [6.07, 6.45) is 3.39. The smallest absolute Gasteiger partial charge is 0.240 e. The van der Waals surface area contributed by atoms with Crippen molar-refractivity contribution in [2.24, 2.45) is 17.6 Å². The molecule has 1 aromatic carbocycles. The standard InChI is InChI=1S/C15H22N2O2S2/c1-10-3-4-12(7-10)9-17-21(18,19)13-5-6-14(15(16)20)11(2)8-13/h5-6,8,10,12,17H,3-4,7,9H2,1-2H3,(H2,16,20). The van der Waals surface area contributed by atoms with Gasteiger partial charge >= 0.3 is 0 Å². The molecule has 2 unspecified atom stereocenters. The Kier molecular flexibility index (Phi) is 5.01. The van der Waals surface area contributed by atoms with E-state index in [4.69, 9.17) is 18.0 Å².